The Morgan fingerprint density at radius 3 is 2.12 bits per heavy atom. The van der Waals surface area contributed by atoms with Crippen LogP contribution in [0.5, 0.6) is 5.75 Å². The summed E-state index contributed by atoms with van der Waals surface area (Å²) in [4.78, 5) is 42.3. The van der Waals surface area contributed by atoms with E-state index >= 15 is 0 Å². The van der Waals surface area contributed by atoms with E-state index in [2.05, 4.69) is 0 Å². The quantitative estimate of drug-likeness (QED) is 0.443. The van der Waals surface area contributed by atoms with Gasteiger partial charge in [-0.25, -0.2) is 4.90 Å². The summed E-state index contributed by atoms with van der Waals surface area (Å²) in [6.07, 6.45) is 1.70. The minimum atomic E-state index is -1.19. The van der Waals surface area contributed by atoms with Crippen molar-refractivity contribution >= 4 is 23.8 Å². The van der Waals surface area contributed by atoms with Gasteiger partial charge in [0.05, 0.1) is 29.5 Å². The molecule has 2 bridgehead atoms. The molecular formula is C28H23NO4. The average Bonchev–Trinajstić information content (AvgIpc) is 3.13. The fraction of sp³-hybridized carbons (Fsp3) is 0.250. The summed E-state index contributed by atoms with van der Waals surface area (Å²) in [5.74, 6) is -1.78. The standard InChI is InChI=1S/C28H23NO4/c1-2-15-33-22-14-8-7-13-21(22)29-26(31)24-23-17-9-3-5-11-19(17)28(16-30,25(24)27(29)32)20-12-6-4-10-18(20)23/h3-14,16,23-25H,2,15H2,1H3/t23?,24-,25?,28?/m0/s1. The second-order valence-electron chi connectivity index (χ2n) is 8.97. The Labute approximate surface area is 192 Å². The zero-order valence-electron chi connectivity index (χ0n) is 18.2. The molecule has 0 N–H and O–H groups in total. The molecule has 0 aromatic heterocycles. The fourth-order valence-electron chi connectivity index (χ4n) is 6.24. The van der Waals surface area contributed by atoms with Gasteiger partial charge < -0.3 is 9.53 Å². The van der Waals surface area contributed by atoms with Crippen molar-refractivity contribution in [1.82, 2.24) is 0 Å². The summed E-state index contributed by atoms with van der Waals surface area (Å²) < 4.78 is 5.88. The maximum atomic E-state index is 14.0. The molecule has 0 saturated carbocycles. The van der Waals surface area contributed by atoms with E-state index in [-0.39, 0.29) is 17.7 Å². The molecule has 3 aliphatic carbocycles. The van der Waals surface area contributed by atoms with Crippen molar-refractivity contribution in [3.63, 3.8) is 0 Å². The molecule has 1 heterocycles. The SMILES string of the molecule is CCCOc1ccccc1N1C(=O)C2[C@@H](C1=O)C1c3ccccc3C2(C=O)c2ccccc21. The van der Waals surface area contributed by atoms with E-state index in [4.69, 9.17) is 4.74 Å². The third-order valence-electron chi connectivity index (χ3n) is 7.44. The highest BCUT2D eigenvalue weighted by Crippen LogP contribution is 2.63. The number of anilines is 1. The number of rotatable bonds is 5. The van der Waals surface area contributed by atoms with E-state index in [1.54, 1.807) is 18.2 Å². The molecule has 4 aliphatic rings. The van der Waals surface area contributed by atoms with Crippen molar-refractivity contribution in [2.24, 2.45) is 11.8 Å². The molecule has 3 aromatic rings. The normalized spacial score (nSPS) is 26.6. The number of imide groups is 1. The van der Waals surface area contributed by atoms with Crippen LogP contribution in [0.2, 0.25) is 0 Å². The summed E-state index contributed by atoms with van der Waals surface area (Å²) in [5, 5.41) is 0. The first-order chi connectivity index (χ1) is 16.1. The Kier molecular flexibility index (Phi) is 4.31. The van der Waals surface area contributed by atoms with Gasteiger partial charge in [-0.3, -0.25) is 9.59 Å². The van der Waals surface area contributed by atoms with E-state index in [1.807, 2.05) is 61.5 Å². The first-order valence-corrected chi connectivity index (χ1v) is 11.4. The Hall–Kier alpha value is -3.73. The Bertz CT molecular complexity index is 1270. The largest absolute Gasteiger partial charge is 0.491 e. The molecule has 0 radical (unpaired) electrons. The lowest BCUT2D eigenvalue weighted by Crippen LogP contribution is -2.54. The third kappa shape index (κ3) is 2.39. The zero-order valence-corrected chi connectivity index (χ0v) is 18.2. The molecule has 164 valence electrons. The van der Waals surface area contributed by atoms with E-state index in [0.717, 1.165) is 35.0 Å². The molecule has 1 saturated heterocycles. The van der Waals surface area contributed by atoms with Gasteiger partial charge in [-0.1, -0.05) is 67.6 Å². The molecule has 5 nitrogen and oxygen atoms in total. The average molecular weight is 437 g/mol. The summed E-state index contributed by atoms with van der Waals surface area (Å²) in [6, 6.07) is 22.7. The first kappa shape index (κ1) is 19.9. The predicted octanol–water partition coefficient (Wildman–Crippen LogP) is 4.23. The number of benzene rings is 3. The number of carbonyl (C=O) groups excluding carboxylic acids is 3. The molecular weight excluding hydrogens is 414 g/mol. The number of carbonyl (C=O) groups is 3. The van der Waals surface area contributed by atoms with E-state index in [0.29, 0.717) is 18.0 Å². The number of aldehydes is 1. The topological polar surface area (TPSA) is 63.7 Å². The lowest BCUT2D eigenvalue weighted by molar-refractivity contribution is -0.128. The highest BCUT2D eigenvalue weighted by molar-refractivity contribution is 6.25. The van der Waals surface area contributed by atoms with Gasteiger partial charge >= 0.3 is 0 Å². The van der Waals surface area contributed by atoms with Crippen LogP contribution >= 0.6 is 0 Å². The van der Waals surface area contributed by atoms with Crippen LogP contribution in [0.3, 0.4) is 0 Å². The van der Waals surface area contributed by atoms with Gasteiger partial charge in [0.15, 0.2) is 0 Å². The number of nitrogens with zero attached hydrogens (tertiary/aromatic N) is 1. The number of amides is 2. The van der Waals surface area contributed by atoms with Crippen LogP contribution in [-0.2, 0) is 19.8 Å². The van der Waals surface area contributed by atoms with Gasteiger partial charge in [0, 0.05) is 5.92 Å². The van der Waals surface area contributed by atoms with Crippen LogP contribution in [0.15, 0.2) is 72.8 Å². The smallest absolute Gasteiger partial charge is 0.239 e. The van der Waals surface area contributed by atoms with Crippen LogP contribution in [0, 0.1) is 11.8 Å². The van der Waals surface area contributed by atoms with Gasteiger partial charge in [0.2, 0.25) is 11.8 Å². The summed E-state index contributed by atoms with van der Waals surface area (Å²) in [5.41, 5.74) is 2.86. The van der Waals surface area contributed by atoms with Crippen LogP contribution in [0.25, 0.3) is 0 Å². The molecule has 1 unspecified atom stereocenters. The number of hydrogen-bond acceptors (Lipinski definition) is 4. The minimum Gasteiger partial charge on any atom is -0.491 e. The molecule has 7 rings (SSSR count). The van der Waals surface area contributed by atoms with Gasteiger partial charge in [-0.15, -0.1) is 0 Å². The maximum Gasteiger partial charge on any atom is 0.239 e. The number of hydrogen-bond donors (Lipinski definition) is 0. The molecule has 0 spiro atoms. The van der Waals surface area contributed by atoms with E-state index in [1.165, 1.54) is 4.90 Å². The highest BCUT2D eigenvalue weighted by atomic mass is 16.5. The third-order valence-corrected chi connectivity index (χ3v) is 7.44. The predicted molar refractivity (Wildman–Crippen MR) is 123 cm³/mol. The fourth-order valence-corrected chi connectivity index (χ4v) is 6.24. The van der Waals surface area contributed by atoms with Crippen molar-refractivity contribution in [3.05, 3.63) is 95.1 Å². The molecule has 5 heteroatoms. The minimum absolute atomic E-state index is 0.266. The van der Waals surface area contributed by atoms with Gasteiger partial charge in [0.25, 0.3) is 0 Å². The van der Waals surface area contributed by atoms with Crippen molar-refractivity contribution in [3.8, 4) is 5.75 Å². The maximum absolute atomic E-state index is 14.0. The lowest BCUT2D eigenvalue weighted by atomic mass is 9.48. The Morgan fingerprint density at radius 2 is 1.48 bits per heavy atom. The van der Waals surface area contributed by atoms with Crippen molar-refractivity contribution in [2.45, 2.75) is 24.7 Å². The second-order valence-corrected chi connectivity index (χ2v) is 8.97. The highest BCUT2D eigenvalue weighted by Gasteiger charge is 2.68. The van der Waals surface area contributed by atoms with Crippen LogP contribution in [0.1, 0.15) is 41.5 Å². The second kappa shape index (κ2) is 7.14. The summed E-state index contributed by atoms with van der Waals surface area (Å²) in [6.45, 7) is 2.49. The van der Waals surface area contributed by atoms with Crippen molar-refractivity contribution < 1.29 is 19.1 Å². The first-order valence-electron chi connectivity index (χ1n) is 11.4. The molecule has 3 aromatic carbocycles. The summed E-state index contributed by atoms with van der Waals surface area (Å²) >= 11 is 0. The molecule has 2 amide bonds. The van der Waals surface area contributed by atoms with Crippen LogP contribution in [-0.4, -0.2) is 24.7 Å². The van der Waals surface area contributed by atoms with Crippen molar-refractivity contribution in [2.75, 3.05) is 11.5 Å². The number of para-hydroxylation sites is 2. The monoisotopic (exact) mass is 437 g/mol. The Balaban J connectivity index is 1.58. The van der Waals surface area contributed by atoms with Crippen LogP contribution in [0.4, 0.5) is 5.69 Å². The van der Waals surface area contributed by atoms with Gasteiger partial charge in [-0.05, 0) is 40.8 Å². The molecule has 33 heavy (non-hydrogen) atoms. The molecule has 2 atom stereocenters. The summed E-state index contributed by atoms with van der Waals surface area (Å²) in [7, 11) is 0. The van der Waals surface area contributed by atoms with Crippen LogP contribution < -0.4 is 9.64 Å². The molecule has 1 fully saturated rings. The van der Waals surface area contributed by atoms with E-state index in [9.17, 15) is 14.4 Å². The van der Waals surface area contributed by atoms with Gasteiger partial charge in [-0.2, -0.15) is 0 Å². The lowest BCUT2D eigenvalue weighted by Gasteiger charge is -2.51. The Morgan fingerprint density at radius 1 is 0.879 bits per heavy atom. The van der Waals surface area contributed by atoms with Crippen molar-refractivity contribution in [1.29, 1.82) is 0 Å². The zero-order chi connectivity index (χ0) is 22.7. The van der Waals surface area contributed by atoms with Gasteiger partial charge in [0.1, 0.15) is 12.0 Å². The molecule has 1 aliphatic heterocycles. The van der Waals surface area contributed by atoms with E-state index < -0.39 is 17.3 Å². The number of ether oxygens (including phenoxy) is 1.